The molecule has 0 unspecified atom stereocenters. The Labute approximate surface area is 157 Å². The second-order valence-corrected chi connectivity index (χ2v) is 6.27. The van der Waals surface area contributed by atoms with Crippen molar-refractivity contribution < 1.29 is 13.9 Å². The van der Waals surface area contributed by atoms with E-state index >= 15 is 0 Å². The summed E-state index contributed by atoms with van der Waals surface area (Å²) >= 11 is 0. The van der Waals surface area contributed by atoms with Crippen LogP contribution in [-0.2, 0) is 6.61 Å². The molecule has 27 heavy (non-hydrogen) atoms. The standard InChI is InChI=1S/C23H19NO3/c1-24(20-12-11-17-7-5-6-8-18(17)15-20)23(25)22-19(13-14-26-22)16-27-21-9-3-2-4-10-21/h2-15H,16H2,1H3. The molecule has 1 aromatic heterocycles. The van der Waals surface area contributed by atoms with E-state index in [0.717, 1.165) is 27.8 Å². The minimum atomic E-state index is -0.207. The van der Waals surface area contributed by atoms with Gasteiger partial charge in [-0.15, -0.1) is 0 Å². The average Bonchev–Trinajstić information content (AvgIpc) is 3.20. The summed E-state index contributed by atoms with van der Waals surface area (Å²) in [6.45, 7) is 0.271. The van der Waals surface area contributed by atoms with Crippen LogP contribution in [-0.4, -0.2) is 13.0 Å². The quantitative estimate of drug-likeness (QED) is 0.487. The van der Waals surface area contributed by atoms with Crippen molar-refractivity contribution in [2.45, 2.75) is 6.61 Å². The number of ether oxygens (including phenoxy) is 1. The van der Waals surface area contributed by atoms with Crippen molar-refractivity contribution in [1.82, 2.24) is 0 Å². The predicted octanol–water partition coefficient (Wildman–Crippen LogP) is 5.29. The van der Waals surface area contributed by atoms with Gasteiger partial charge in [-0.25, -0.2) is 0 Å². The molecule has 0 N–H and O–H groups in total. The van der Waals surface area contributed by atoms with Crippen LogP contribution >= 0.6 is 0 Å². The van der Waals surface area contributed by atoms with Gasteiger partial charge in [-0.05, 0) is 41.1 Å². The first-order valence-electron chi connectivity index (χ1n) is 8.73. The summed E-state index contributed by atoms with van der Waals surface area (Å²) < 4.78 is 11.2. The van der Waals surface area contributed by atoms with E-state index in [1.54, 1.807) is 18.0 Å². The number of nitrogens with zero attached hydrogens (tertiary/aromatic N) is 1. The van der Waals surface area contributed by atoms with Crippen molar-refractivity contribution in [3.05, 3.63) is 96.4 Å². The molecule has 0 atom stereocenters. The Bertz CT molecular complexity index is 1070. The summed E-state index contributed by atoms with van der Waals surface area (Å²) in [5, 5.41) is 2.22. The minimum Gasteiger partial charge on any atom is -0.489 e. The SMILES string of the molecule is CN(C(=O)c1occc1COc1ccccc1)c1ccc2ccccc2c1. The molecule has 4 heteroatoms. The van der Waals surface area contributed by atoms with Gasteiger partial charge in [0.05, 0.1) is 6.26 Å². The number of anilines is 1. The molecule has 0 spiro atoms. The summed E-state index contributed by atoms with van der Waals surface area (Å²) in [6, 6.07) is 25.3. The van der Waals surface area contributed by atoms with Crippen LogP contribution < -0.4 is 9.64 Å². The van der Waals surface area contributed by atoms with E-state index < -0.39 is 0 Å². The number of furan rings is 1. The third kappa shape index (κ3) is 3.55. The lowest BCUT2D eigenvalue weighted by Crippen LogP contribution is -2.26. The molecule has 4 aromatic rings. The molecule has 1 amide bonds. The molecule has 0 bridgehead atoms. The van der Waals surface area contributed by atoms with Crippen LogP contribution in [0.25, 0.3) is 10.8 Å². The van der Waals surface area contributed by atoms with Gasteiger partial charge in [-0.2, -0.15) is 0 Å². The van der Waals surface area contributed by atoms with E-state index in [-0.39, 0.29) is 12.5 Å². The third-order valence-corrected chi connectivity index (χ3v) is 4.50. The molecule has 0 saturated heterocycles. The number of rotatable bonds is 5. The fourth-order valence-corrected chi connectivity index (χ4v) is 2.97. The van der Waals surface area contributed by atoms with Crippen molar-refractivity contribution in [2.75, 3.05) is 11.9 Å². The number of hydrogen-bond acceptors (Lipinski definition) is 3. The monoisotopic (exact) mass is 357 g/mol. The van der Waals surface area contributed by atoms with E-state index in [2.05, 4.69) is 0 Å². The summed E-state index contributed by atoms with van der Waals surface area (Å²) in [5.41, 5.74) is 1.53. The van der Waals surface area contributed by atoms with E-state index in [9.17, 15) is 4.79 Å². The maximum absolute atomic E-state index is 13.0. The molecule has 0 fully saturated rings. The number of hydrogen-bond donors (Lipinski definition) is 0. The second-order valence-electron chi connectivity index (χ2n) is 6.27. The highest BCUT2D eigenvalue weighted by molar-refractivity contribution is 6.05. The zero-order valence-corrected chi connectivity index (χ0v) is 15.0. The lowest BCUT2D eigenvalue weighted by Gasteiger charge is -2.17. The molecule has 3 aromatic carbocycles. The third-order valence-electron chi connectivity index (χ3n) is 4.50. The topological polar surface area (TPSA) is 42.7 Å². The first-order chi connectivity index (χ1) is 13.2. The zero-order valence-electron chi connectivity index (χ0n) is 15.0. The highest BCUT2D eigenvalue weighted by Crippen LogP contribution is 2.24. The van der Waals surface area contributed by atoms with Gasteiger partial charge >= 0.3 is 0 Å². The molecule has 0 aliphatic rings. The fraction of sp³-hybridized carbons (Fsp3) is 0.0870. The molecule has 0 aliphatic heterocycles. The van der Waals surface area contributed by atoms with Gasteiger partial charge in [-0.1, -0.05) is 48.5 Å². The minimum absolute atomic E-state index is 0.207. The fourth-order valence-electron chi connectivity index (χ4n) is 2.97. The number of carbonyl (C=O) groups is 1. The van der Waals surface area contributed by atoms with E-state index in [1.807, 2.05) is 72.8 Å². The first kappa shape index (κ1) is 16.9. The molecular formula is C23H19NO3. The molecule has 1 heterocycles. The Morgan fingerprint density at radius 3 is 2.48 bits per heavy atom. The number of amides is 1. The van der Waals surface area contributed by atoms with Crippen LogP contribution in [0.4, 0.5) is 5.69 Å². The second kappa shape index (κ2) is 7.38. The Kier molecular flexibility index (Phi) is 4.62. The lowest BCUT2D eigenvalue weighted by atomic mass is 10.1. The normalized spacial score (nSPS) is 10.7. The maximum Gasteiger partial charge on any atom is 0.294 e. The molecule has 0 aliphatic carbocycles. The highest BCUT2D eigenvalue weighted by atomic mass is 16.5. The van der Waals surface area contributed by atoms with Gasteiger partial charge < -0.3 is 14.1 Å². The summed E-state index contributed by atoms with van der Waals surface area (Å²) in [4.78, 5) is 14.5. The van der Waals surface area contributed by atoms with Gasteiger partial charge in [0.1, 0.15) is 12.4 Å². The van der Waals surface area contributed by atoms with Gasteiger partial charge in [0.25, 0.3) is 5.91 Å². The number of para-hydroxylation sites is 1. The Morgan fingerprint density at radius 1 is 0.926 bits per heavy atom. The first-order valence-corrected chi connectivity index (χ1v) is 8.73. The van der Waals surface area contributed by atoms with Gasteiger partial charge in [-0.3, -0.25) is 4.79 Å². The highest BCUT2D eigenvalue weighted by Gasteiger charge is 2.21. The van der Waals surface area contributed by atoms with Gasteiger partial charge in [0, 0.05) is 18.3 Å². The van der Waals surface area contributed by atoms with Crippen LogP contribution in [0.5, 0.6) is 5.75 Å². The number of carbonyl (C=O) groups excluding carboxylic acids is 1. The molecule has 0 saturated carbocycles. The van der Waals surface area contributed by atoms with Crippen molar-refractivity contribution in [3.8, 4) is 5.75 Å². The van der Waals surface area contributed by atoms with Gasteiger partial charge in [0.15, 0.2) is 5.76 Å². The molecule has 0 radical (unpaired) electrons. The summed E-state index contributed by atoms with van der Waals surface area (Å²) in [6.07, 6.45) is 1.52. The molecule has 134 valence electrons. The summed E-state index contributed by atoms with van der Waals surface area (Å²) in [5.74, 6) is 0.837. The zero-order chi connectivity index (χ0) is 18.6. The predicted molar refractivity (Wildman–Crippen MR) is 106 cm³/mol. The smallest absolute Gasteiger partial charge is 0.294 e. The number of fused-ring (bicyclic) bond motifs is 1. The van der Waals surface area contributed by atoms with Crippen molar-refractivity contribution in [3.63, 3.8) is 0 Å². The largest absolute Gasteiger partial charge is 0.489 e. The maximum atomic E-state index is 13.0. The van der Waals surface area contributed by atoms with E-state index in [1.165, 1.54) is 6.26 Å². The van der Waals surface area contributed by atoms with Crippen LogP contribution in [0, 0.1) is 0 Å². The van der Waals surface area contributed by atoms with Crippen molar-refractivity contribution >= 4 is 22.4 Å². The van der Waals surface area contributed by atoms with Crippen LogP contribution in [0.15, 0.2) is 89.5 Å². The Balaban J connectivity index is 1.54. The van der Waals surface area contributed by atoms with E-state index in [0.29, 0.717) is 5.76 Å². The van der Waals surface area contributed by atoms with Crippen molar-refractivity contribution in [2.24, 2.45) is 0 Å². The molecule has 4 rings (SSSR count). The van der Waals surface area contributed by atoms with E-state index in [4.69, 9.17) is 9.15 Å². The van der Waals surface area contributed by atoms with Gasteiger partial charge in [0.2, 0.25) is 0 Å². The lowest BCUT2D eigenvalue weighted by molar-refractivity contribution is 0.0963. The van der Waals surface area contributed by atoms with Crippen LogP contribution in [0.2, 0.25) is 0 Å². The average molecular weight is 357 g/mol. The molecule has 4 nitrogen and oxygen atoms in total. The Morgan fingerprint density at radius 2 is 1.67 bits per heavy atom. The Hall–Kier alpha value is -3.53. The number of benzene rings is 3. The van der Waals surface area contributed by atoms with Crippen LogP contribution in [0.3, 0.4) is 0 Å². The van der Waals surface area contributed by atoms with Crippen molar-refractivity contribution in [1.29, 1.82) is 0 Å². The summed E-state index contributed by atoms with van der Waals surface area (Å²) in [7, 11) is 1.75. The molecular weight excluding hydrogens is 338 g/mol. The van der Waals surface area contributed by atoms with Crippen LogP contribution in [0.1, 0.15) is 16.1 Å².